The van der Waals surface area contributed by atoms with Crippen LogP contribution in [0.3, 0.4) is 0 Å². The topological polar surface area (TPSA) is 68.0 Å². The molecule has 2 aromatic rings. The third-order valence-electron chi connectivity index (χ3n) is 2.83. The Morgan fingerprint density at radius 2 is 2.00 bits per heavy atom. The molecule has 0 aliphatic heterocycles. The van der Waals surface area contributed by atoms with Gasteiger partial charge in [-0.25, -0.2) is 0 Å². The zero-order valence-electron chi connectivity index (χ0n) is 10.0. The maximum atomic E-state index is 11.7. The molecule has 0 spiro atoms. The van der Waals surface area contributed by atoms with Gasteiger partial charge >= 0.3 is 11.8 Å². The third-order valence-corrected chi connectivity index (χ3v) is 2.83. The summed E-state index contributed by atoms with van der Waals surface area (Å²) in [5.41, 5.74) is 1.98. The molecule has 5 nitrogen and oxygen atoms in total. The number of aryl methyl sites for hydroxylation is 1. The van der Waals surface area contributed by atoms with E-state index in [1.54, 1.807) is 0 Å². The largest absolute Gasteiger partial charge is 0.412 e. The summed E-state index contributed by atoms with van der Waals surface area (Å²) in [7, 11) is 0. The van der Waals surface area contributed by atoms with E-state index in [9.17, 15) is 4.79 Å². The van der Waals surface area contributed by atoms with Gasteiger partial charge in [-0.1, -0.05) is 17.7 Å². The van der Waals surface area contributed by atoms with E-state index < -0.39 is 0 Å². The van der Waals surface area contributed by atoms with Gasteiger partial charge in [0.15, 0.2) is 0 Å². The average Bonchev–Trinajstić information content (AvgIpc) is 3.04. The summed E-state index contributed by atoms with van der Waals surface area (Å²) in [6.07, 6.45) is 2.06. The minimum atomic E-state index is -0.289. The summed E-state index contributed by atoms with van der Waals surface area (Å²) in [6, 6.07) is 8.00. The Morgan fingerprint density at radius 1 is 1.28 bits per heavy atom. The molecule has 0 atom stereocenters. The second-order valence-corrected chi connectivity index (χ2v) is 4.53. The van der Waals surface area contributed by atoms with Crippen molar-refractivity contribution in [2.75, 3.05) is 0 Å². The van der Waals surface area contributed by atoms with Crippen LogP contribution in [0.2, 0.25) is 0 Å². The number of rotatable bonds is 3. The van der Waals surface area contributed by atoms with Crippen LogP contribution in [0.1, 0.15) is 29.1 Å². The highest BCUT2D eigenvalue weighted by Crippen LogP contribution is 2.21. The quantitative estimate of drug-likeness (QED) is 0.894. The Bertz CT molecular complexity index is 570. The van der Waals surface area contributed by atoms with E-state index in [0.717, 1.165) is 24.0 Å². The Hall–Kier alpha value is -2.17. The summed E-state index contributed by atoms with van der Waals surface area (Å²) in [4.78, 5) is 11.7. The number of amides is 1. The number of hydrogen-bond donors (Lipinski definition) is 1. The van der Waals surface area contributed by atoms with Crippen LogP contribution in [-0.2, 0) is 0 Å². The van der Waals surface area contributed by atoms with Gasteiger partial charge in [0, 0.05) is 11.6 Å². The lowest BCUT2D eigenvalue weighted by Crippen LogP contribution is -2.25. The van der Waals surface area contributed by atoms with E-state index in [4.69, 9.17) is 4.42 Å². The van der Waals surface area contributed by atoms with Crippen molar-refractivity contribution in [1.29, 1.82) is 0 Å². The van der Waals surface area contributed by atoms with Crippen LogP contribution in [-0.4, -0.2) is 22.1 Å². The summed E-state index contributed by atoms with van der Waals surface area (Å²) >= 11 is 0. The summed E-state index contributed by atoms with van der Waals surface area (Å²) in [5.74, 6) is 0.108. The molecule has 1 aromatic carbocycles. The number of nitrogens with zero attached hydrogens (tertiary/aromatic N) is 2. The fraction of sp³-hybridized carbons (Fsp3) is 0.308. The highest BCUT2D eigenvalue weighted by atomic mass is 16.4. The normalized spacial score (nSPS) is 14.5. The van der Waals surface area contributed by atoms with Gasteiger partial charge in [-0.3, -0.25) is 4.79 Å². The lowest BCUT2D eigenvalue weighted by molar-refractivity contribution is 0.0917. The number of carbonyl (C=O) groups excluding carboxylic acids is 1. The number of carbonyl (C=O) groups is 1. The van der Waals surface area contributed by atoms with Gasteiger partial charge in [0.25, 0.3) is 0 Å². The lowest BCUT2D eigenvalue weighted by atomic mass is 10.1. The van der Waals surface area contributed by atoms with E-state index in [0.29, 0.717) is 5.89 Å². The molecule has 5 heteroatoms. The highest BCUT2D eigenvalue weighted by Gasteiger charge is 2.26. The average molecular weight is 243 g/mol. The summed E-state index contributed by atoms with van der Waals surface area (Å²) in [6.45, 7) is 2.01. The molecule has 1 aliphatic carbocycles. The van der Waals surface area contributed by atoms with E-state index in [1.165, 1.54) is 0 Å². The molecule has 3 rings (SSSR count). The molecule has 1 aromatic heterocycles. The maximum absolute atomic E-state index is 11.7. The van der Waals surface area contributed by atoms with E-state index in [2.05, 4.69) is 15.5 Å². The molecule has 1 fully saturated rings. The van der Waals surface area contributed by atoms with Crippen molar-refractivity contribution in [2.45, 2.75) is 25.8 Å². The predicted molar refractivity (Wildman–Crippen MR) is 65.0 cm³/mol. The van der Waals surface area contributed by atoms with Gasteiger partial charge in [0.1, 0.15) is 0 Å². The van der Waals surface area contributed by atoms with Crippen LogP contribution in [0, 0.1) is 6.92 Å². The highest BCUT2D eigenvalue weighted by molar-refractivity contribution is 5.90. The predicted octanol–water partition coefficient (Wildman–Crippen LogP) is 1.94. The molecule has 0 saturated heterocycles. The first kappa shape index (κ1) is 11.0. The van der Waals surface area contributed by atoms with Crippen LogP contribution in [0.15, 0.2) is 28.7 Å². The van der Waals surface area contributed by atoms with Crippen molar-refractivity contribution in [2.24, 2.45) is 0 Å². The molecule has 1 saturated carbocycles. The van der Waals surface area contributed by atoms with Crippen molar-refractivity contribution in [3.8, 4) is 11.5 Å². The molecule has 92 valence electrons. The van der Waals surface area contributed by atoms with Crippen LogP contribution in [0.25, 0.3) is 11.5 Å². The molecule has 1 amide bonds. The van der Waals surface area contributed by atoms with Crippen molar-refractivity contribution in [3.63, 3.8) is 0 Å². The second kappa shape index (κ2) is 4.25. The fourth-order valence-electron chi connectivity index (χ4n) is 1.60. The Morgan fingerprint density at radius 3 is 2.67 bits per heavy atom. The van der Waals surface area contributed by atoms with Crippen LogP contribution >= 0.6 is 0 Å². The zero-order valence-corrected chi connectivity index (χ0v) is 10.0. The van der Waals surface area contributed by atoms with E-state index in [1.807, 2.05) is 31.2 Å². The van der Waals surface area contributed by atoms with Gasteiger partial charge < -0.3 is 9.73 Å². The molecular formula is C13H13N3O2. The Kier molecular flexibility index (Phi) is 2.59. The van der Waals surface area contributed by atoms with Crippen LogP contribution in [0.4, 0.5) is 0 Å². The lowest BCUT2D eigenvalue weighted by Gasteiger charge is -1.97. The summed E-state index contributed by atoms with van der Waals surface area (Å²) < 4.78 is 5.37. The number of benzene rings is 1. The number of hydrogen-bond acceptors (Lipinski definition) is 4. The zero-order chi connectivity index (χ0) is 12.5. The van der Waals surface area contributed by atoms with Gasteiger partial charge in [0.2, 0.25) is 5.89 Å². The minimum absolute atomic E-state index is 0.0254. The minimum Gasteiger partial charge on any atom is -0.412 e. The first-order chi connectivity index (χ1) is 8.72. The molecule has 1 N–H and O–H groups in total. The van der Waals surface area contributed by atoms with Crippen molar-refractivity contribution in [1.82, 2.24) is 15.5 Å². The molecule has 18 heavy (non-hydrogen) atoms. The van der Waals surface area contributed by atoms with Crippen molar-refractivity contribution in [3.05, 3.63) is 35.7 Å². The van der Waals surface area contributed by atoms with Crippen LogP contribution in [0.5, 0.6) is 0 Å². The van der Waals surface area contributed by atoms with Crippen molar-refractivity contribution >= 4 is 5.91 Å². The summed E-state index contributed by atoms with van der Waals surface area (Å²) in [5, 5.41) is 10.5. The van der Waals surface area contributed by atoms with Crippen molar-refractivity contribution < 1.29 is 9.21 Å². The monoisotopic (exact) mass is 243 g/mol. The second-order valence-electron chi connectivity index (χ2n) is 4.53. The Balaban J connectivity index is 1.79. The molecule has 1 heterocycles. The van der Waals surface area contributed by atoms with Gasteiger partial charge in [-0.05, 0) is 31.9 Å². The molecular weight excluding hydrogens is 230 g/mol. The fourth-order valence-corrected chi connectivity index (χ4v) is 1.60. The van der Waals surface area contributed by atoms with Crippen LogP contribution < -0.4 is 5.32 Å². The van der Waals surface area contributed by atoms with Gasteiger partial charge in [0.05, 0.1) is 0 Å². The smallest absolute Gasteiger partial charge is 0.309 e. The molecule has 0 bridgehead atoms. The maximum Gasteiger partial charge on any atom is 0.309 e. The first-order valence-corrected chi connectivity index (χ1v) is 5.94. The molecule has 0 unspecified atom stereocenters. The standard InChI is InChI=1S/C13H13N3O2/c1-8-2-4-9(5-3-8)12-15-16-13(18-12)11(17)14-10-6-7-10/h2-5,10H,6-7H2,1H3,(H,14,17). The number of nitrogens with one attached hydrogen (secondary N) is 1. The van der Waals surface area contributed by atoms with Gasteiger partial charge in [-0.2, -0.15) is 0 Å². The van der Waals surface area contributed by atoms with E-state index in [-0.39, 0.29) is 17.8 Å². The first-order valence-electron chi connectivity index (χ1n) is 5.94. The van der Waals surface area contributed by atoms with Gasteiger partial charge in [-0.15, -0.1) is 10.2 Å². The molecule has 0 radical (unpaired) electrons. The van der Waals surface area contributed by atoms with E-state index >= 15 is 0 Å². The SMILES string of the molecule is Cc1ccc(-c2nnc(C(=O)NC3CC3)o2)cc1. The third kappa shape index (κ3) is 2.25. The Labute approximate surface area is 104 Å². The number of aromatic nitrogens is 2. The molecule has 1 aliphatic rings.